The molecule has 1 unspecified atom stereocenters. The molecule has 1 amide bonds. The van der Waals surface area contributed by atoms with E-state index in [1.165, 1.54) is 23.1 Å². The number of aliphatic hydroxyl groups is 1. The molecule has 1 heterocycles. The molecule has 3 aromatic rings. The predicted octanol–water partition coefficient (Wildman–Crippen LogP) is 6.63. The van der Waals surface area contributed by atoms with Gasteiger partial charge < -0.3 is 9.84 Å². The molecule has 3 aromatic carbocycles. The fourth-order valence-electron chi connectivity index (χ4n) is 4.28. The van der Waals surface area contributed by atoms with Gasteiger partial charge in [0.25, 0.3) is 11.7 Å². The highest BCUT2D eigenvalue weighted by atomic mass is 35.5. The van der Waals surface area contributed by atoms with Crippen molar-refractivity contribution in [3.05, 3.63) is 99.8 Å². The number of benzene rings is 3. The quantitative estimate of drug-likeness (QED) is 0.238. The molecule has 0 radical (unpaired) electrons. The van der Waals surface area contributed by atoms with Gasteiger partial charge in [-0.05, 0) is 66.9 Å². The Morgan fingerprint density at radius 2 is 1.77 bits per heavy atom. The van der Waals surface area contributed by atoms with E-state index in [1.54, 1.807) is 48.5 Å². The average Bonchev–Trinajstić information content (AvgIpc) is 3.10. The number of amides is 1. The topological polar surface area (TPSA) is 66.8 Å². The second-order valence-corrected chi connectivity index (χ2v) is 8.94. The molecule has 0 spiro atoms. The molecule has 1 aliphatic heterocycles. The van der Waals surface area contributed by atoms with Crippen LogP contribution in [0.2, 0.25) is 5.02 Å². The molecule has 1 N–H and O–H groups in total. The number of carbonyl (C=O) groups excluding carboxylic acids is 2. The number of hydrogen-bond donors (Lipinski definition) is 1. The van der Waals surface area contributed by atoms with Crippen LogP contribution in [-0.4, -0.2) is 23.4 Å². The lowest BCUT2D eigenvalue weighted by Crippen LogP contribution is -2.29. The van der Waals surface area contributed by atoms with Crippen LogP contribution < -0.4 is 9.64 Å². The second kappa shape index (κ2) is 9.92. The van der Waals surface area contributed by atoms with Crippen LogP contribution in [-0.2, 0) is 9.59 Å². The van der Waals surface area contributed by atoms with Crippen molar-refractivity contribution < 1.29 is 23.8 Å². The lowest BCUT2D eigenvalue weighted by molar-refractivity contribution is -0.132. The fourth-order valence-corrected chi connectivity index (χ4v) is 4.41. The normalized spacial score (nSPS) is 17.3. The Morgan fingerprint density at radius 1 is 1.09 bits per heavy atom. The highest BCUT2D eigenvalue weighted by Crippen LogP contribution is 2.43. The maximum absolute atomic E-state index is 15.0. The van der Waals surface area contributed by atoms with Crippen LogP contribution in [0.1, 0.15) is 49.4 Å². The number of halogens is 2. The standard InChI is InChI=1S/C28H25ClFNO4/c1-4-35-23-14-9-17(15-21(23)16(2)3)26(32)24-25(20-7-5-6-8-22(20)30)31(28(34)27(24)33)19-12-10-18(29)11-13-19/h5-16,25,32H,4H2,1-3H3/b26-24+. The van der Waals surface area contributed by atoms with E-state index in [-0.39, 0.29) is 22.8 Å². The zero-order valence-corrected chi connectivity index (χ0v) is 20.3. The van der Waals surface area contributed by atoms with Crippen LogP contribution in [0, 0.1) is 5.82 Å². The number of carbonyl (C=O) groups is 2. The smallest absolute Gasteiger partial charge is 0.300 e. The second-order valence-electron chi connectivity index (χ2n) is 8.51. The van der Waals surface area contributed by atoms with E-state index in [1.807, 2.05) is 20.8 Å². The molecular weight excluding hydrogens is 469 g/mol. The third-order valence-corrected chi connectivity index (χ3v) is 6.21. The maximum atomic E-state index is 15.0. The molecule has 7 heteroatoms. The monoisotopic (exact) mass is 493 g/mol. The molecule has 4 rings (SSSR count). The van der Waals surface area contributed by atoms with Crippen molar-refractivity contribution in [2.75, 3.05) is 11.5 Å². The van der Waals surface area contributed by atoms with Gasteiger partial charge >= 0.3 is 0 Å². The maximum Gasteiger partial charge on any atom is 0.300 e. The van der Waals surface area contributed by atoms with Gasteiger partial charge in [-0.3, -0.25) is 14.5 Å². The minimum absolute atomic E-state index is 0.0724. The van der Waals surface area contributed by atoms with E-state index in [9.17, 15) is 14.7 Å². The Hall–Kier alpha value is -3.64. The summed E-state index contributed by atoms with van der Waals surface area (Å²) in [5.74, 6) is -1.99. The lowest BCUT2D eigenvalue weighted by Gasteiger charge is -2.26. The highest BCUT2D eigenvalue weighted by molar-refractivity contribution is 6.51. The van der Waals surface area contributed by atoms with Crippen molar-refractivity contribution in [3.63, 3.8) is 0 Å². The van der Waals surface area contributed by atoms with Crippen LogP contribution in [0.25, 0.3) is 5.76 Å². The number of anilines is 1. The number of ketones is 1. The van der Waals surface area contributed by atoms with Crippen LogP contribution in [0.5, 0.6) is 5.75 Å². The third kappa shape index (κ3) is 4.54. The van der Waals surface area contributed by atoms with E-state index < -0.39 is 23.5 Å². The zero-order chi connectivity index (χ0) is 25.3. The summed E-state index contributed by atoms with van der Waals surface area (Å²) in [5, 5.41) is 11.8. The number of ether oxygens (including phenoxy) is 1. The first-order valence-corrected chi connectivity index (χ1v) is 11.7. The summed E-state index contributed by atoms with van der Waals surface area (Å²) in [6.07, 6.45) is 0. The highest BCUT2D eigenvalue weighted by Gasteiger charge is 2.47. The van der Waals surface area contributed by atoms with E-state index in [0.29, 0.717) is 28.6 Å². The van der Waals surface area contributed by atoms with Gasteiger partial charge in [-0.1, -0.05) is 43.6 Å². The molecule has 5 nitrogen and oxygen atoms in total. The summed E-state index contributed by atoms with van der Waals surface area (Å²) in [6, 6.07) is 16.1. The SMILES string of the molecule is CCOc1ccc(/C(O)=C2\C(=O)C(=O)N(c3ccc(Cl)cc3)C2c2ccccc2F)cc1C(C)C. The Morgan fingerprint density at radius 3 is 2.40 bits per heavy atom. The number of aliphatic hydroxyl groups excluding tert-OH is 1. The number of hydrogen-bond acceptors (Lipinski definition) is 4. The van der Waals surface area contributed by atoms with Crippen LogP contribution in [0.3, 0.4) is 0 Å². The first-order chi connectivity index (χ1) is 16.7. The molecule has 1 atom stereocenters. The van der Waals surface area contributed by atoms with Crippen molar-refractivity contribution in [1.82, 2.24) is 0 Å². The van der Waals surface area contributed by atoms with Gasteiger partial charge in [-0.2, -0.15) is 0 Å². The van der Waals surface area contributed by atoms with Crippen LogP contribution >= 0.6 is 11.6 Å². The van der Waals surface area contributed by atoms with E-state index in [0.717, 1.165) is 5.56 Å². The minimum Gasteiger partial charge on any atom is -0.507 e. The Kier molecular flexibility index (Phi) is 6.94. The number of Topliss-reactive ketones (excluding diaryl/α,β-unsaturated/α-hetero) is 1. The fraction of sp³-hybridized carbons (Fsp3) is 0.214. The van der Waals surface area contributed by atoms with Crippen molar-refractivity contribution in [1.29, 1.82) is 0 Å². The molecule has 1 saturated heterocycles. The van der Waals surface area contributed by atoms with Crippen molar-refractivity contribution in [2.45, 2.75) is 32.7 Å². The molecule has 35 heavy (non-hydrogen) atoms. The molecule has 0 aromatic heterocycles. The molecule has 1 aliphatic rings. The molecular formula is C28H25ClFNO4. The van der Waals surface area contributed by atoms with Gasteiger partial charge in [0, 0.05) is 21.8 Å². The summed E-state index contributed by atoms with van der Waals surface area (Å²) < 4.78 is 20.7. The summed E-state index contributed by atoms with van der Waals surface area (Å²) in [6.45, 7) is 6.33. The minimum atomic E-state index is -1.16. The third-order valence-electron chi connectivity index (χ3n) is 5.95. The van der Waals surface area contributed by atoms with E-state index in [4.69, 9.17) is 16.3 Å². The van der Waals surface area contributed by atoms with Gasteiger partial charge in [-0.25, -0.2) is 4.39 Å². The first-order valence-electron chi connectivity index (χ1n) is 11.3. The Bertz CT molecular complexity index is 1320. The molecule has 0 aliphatic carbocycles. The van der Waals surface area contributed by atoms with Crippen LogP contribution in [0.4, 0.5) is 10.1 Å². The lowest BCUT2D eigenvalue weighted by atomic mass is 9.93. The predicted molar refractivity (Wildman–Crippen MR) is 134 cm³/mol. The molecule has 0 saturated carbocycles. The number of rotatable bonds is 6. The summed E-state index contributed by atoms with van der Waals surface area (Å²) in [7, 11) is 0. The van der Waals surface area contributed by atoms with Crippen molar-refractivity contribution >= 4 is 34.7 Å². The Labute approximate surface area is 208 Å². The summed E-state index contributed by atoms with van der Waals surface area (Å²) in [4.78, 5) is 27.7. The summed E-state index contributed by atoms with van der Waals surface area (Å²) in [5.41, 5.74) is 1.45. The number of nitrogens with zero attached hydrogens (tertiary/aromatic N) is 1. The van der Waals surface area contributed by atoms with Gasteiger partial charge in [0.05, 0.1) is 18.2 Å². The molecule has 0 bridgehead atoms. The van der Waals surface area contributed by atoms with Crippen molar-refractivity contribution in [2.24, 2.45) is 0 Å². The van der Waals surface area contributed by atoms with Gasteiger partial charge in [0.1, 0.15) is 17.3 Å². The Balaban J connectivity index is 1.94. The molecule has 1 fully saturated rings. The molecule has 180 valence electrons. The largest absolute Gasteiger partial charge is 0.507 e. The average molecular weight is 494 g/mol. The summed E-state index contributed by atoms with van der Waals surface area (Å²) >= 11 is 6.01. The van der Waals surface area contributed by atoms with E-state index in [2.05, 4.69) is 0 Å². The first kappa shape index (κ1) is 24.5. The van der Waals surface area contributed by atoms with E-state index >= 15 is 4.39 Å². The van der Waals surface area contributed by atoms with Gasteiger partial charge in [-0.15, -0.1) is 0 Å². The zero-order valence-electron chi connectivity index (χ0n) is 19.6. The van der Waals surface area contributed by atoms with Crippen molar-refractivity contribution in [3.8, 4) is 5.75 Å². The van der Waals surface area contributed by atoms with Crippen LogP contribution in [0.15, 0.2) is 72.3 Å². The van der Waals surface area contributed by atoms with Gasteiger partial charge in [0.15, 0.2) is 0 Å². The van der Waals surface area contributed by atoms with Gasteiger partial charge in [0.2, 0.25) is 0 Å².